The van der Waals surface area contributed by atoms with Crippen molar-refractivity contribution in [3.63, 3.8) is 0 Å². The number of carbonyl (C=O) groups is 1. The largest absolute Gasteiger partial charge is 0.494 e. The molecule has 2 aromatic carbocycles. The number of aromatic nitrogens is 1. The standard InChI is InChI=1S/C21H19ClF2N2O5/c1-26-14-7-16(30-2)18(24)17(22)11(14)6-15(26)19(27)25-21(8-31-9-21)12-4-3-10(20(28)29)5-13(12)23/h3-7,20,28-29H,8-9H2,1-2H3,(H,25,27). The third-order valence-electron chi connectivity index (χ3n) is 5.50. The quantitative estimate of drug-likeness (QED) is 0.518. The number of methoxy groups -OCH3 is 1. The van der Waals surface area contributed by atoms with E-state index in [1.807, 2.05) is 0 Å². The summed E-state index contributed by atoms with van der Waals surface area (Å²) in [5.41, 5.74) is -0.328. The molecule has 164 valence electrons. The van der Waals surface area contributed by atoms with Gasteiger partial charge in [-0.05, 0) is 12.1 Å². The van der Waals surface area contributed by atoms with Crippen molar-refractivity contribution in [2.45, 2.75) is 11.8 Å². The molecule has 1 saturated heterocycles. The molecule has 4 rings (SSSR count). The number of aliphatic hydroxyl groups is 2. The van der Waals surface area contributed by atoms with Crippen LogP contribution in [0.3, 0.4) is 0 Å². The van der Waals surface area contributed by atoms with E-state index >= 15 is 0 Å². The van der Waals surface area contributed by atoms with Crippen LogP contribution in [-0.2, 0) is 17.3 Å². The fourth-order valence-electron chi connectivity index (χ4n) is 3.71. The van der Waals surface area contributed by atoms with Gasteiger partial charge in [0.25, 0.3) is 5.91 Å². The van der Waals surface area contributed by atoms with Gasteiger partial charge in [-0.3, -0.25) is 4.79 Å². The number of rotatable bonds is 5. The third-order valence-corrected chi connectivity index (χ3v) is 5.87. The van der Waals surface area contributed by atoms with Crippen LogP contribution in [0, 0.1) is 11.6 Å². The van der Waals surface area contributed by atoms with Crippen LogP contribution in [0.5, 0.6) is 5.75 Å². The van der Waals surface area contributed by atoms with Crippen molar-refractivity contribution in [2.75, 3.05) is 20.3 Å². The summed E-state index contributed by atoms with van der Waals surface area (Å²) in [6.45, 7) is 0.0632. The van der Waals surface area contributed by atoms with Gasteiger partial charge in [-0.1, -0.05) is 23.7 Å². The number of hydrogen-bond acceptors (Lipinski definition) is 5. The fourth-order valence-corrected chi connectivity index (χ4v) is 3.96. The molecule has 1 aliphatic heterocycles. The molecule has 7 nitrogen and oxygen atoms in total. The molecular formula is C21H19ClF2N2O5. The Hall–Kier alpha value is -2.72. The zero-order valence-corrected chi connectivity index (χ0v) is 17.3. The van der Waals surface area contributed by atoms with Gasteiger partial charge in [0, 0.05) is 29.6 Å². The average Bonchev–Trinajstić information content (AvgIpc) is 3.04. The molecule has 0 unspecified atom stereocenters. The third kappa shape index (κ3) is 3.43. The van der Waals surface area contributed by atoms with Gasteiger partial charge < -0.3 is 29.6 Å². The first-order chi connectivity index (χ1) is 14.7. The Balaban J connectivity index is 1.71. The molecule has 1 aromatic heterocycles. The molecule has 0 radical (unpaired) electrons. The lowest BCUT2D eigenvalue weighted by Crippen LogP contribution is -2.60. The lowest BCUT2D eigenvalue weighted by molar-refractivity contribution is -0.0752. The van der Waals surface area contributed by atoms with Crippen molar-refractivity contribution in [3.8, 4) is 5.75 Å². The van der Waals surface area contributed by atoms with E-state index < -0.39 is 29.4 Å². The predicted octanol–water partition coefficient (Wildman–Crippen LogP) is 2.76. The molecule has 0 spiro atoms. The number of hydrogen-bond donors (Lipinski definition) is 3. The van der Waals surface area contributed by atoms with E-state index in [0.717, 1.165) is 6.07 Å². The number of aliphatic hydroxyl groups excluding tert-OH is 1. The molecule has 2 heterocycles. The van der Waals surface area contributed by atoms with Gasteiger partial charge in [0.15, 0.2) is 17.9 Å². The normalized spacial score (nSPS) is 15.2. The molecule has 3 N–H and O–H groups in total. The summed E-state index contributed by atoms with van der Waals surface area (Å²) in [6.07, 6.45) is -1.82. The number of nitrogens with zero attached hydrogens (tertiary/aromatic N) is 1. The first-order valence-electron chi connectivity index (χ1n) is 9.26. The average molecular weight is 453 g/mol. The van der Waals surface area contributed by atoms with Crippen molar-refractivity contribution in [2.24, 2.45) is 7.05 Å². The molecule has 3 aromatic rings. The number of nitrogens with one attached hydrogen (secondary N) is 1. The fraction of sp³-hybridized carbons (Fsp3) is 0.286. The summed E-state index contributed by atoms with van der Waals surface area (Å²) in [4.78, 5) is 13.1. The lowest BCUT2D eigenvalue weighted by atomic mass is 9.86. The van der Waals surface area contributed by atoms with E-state index in [0.29, 0.717) is 10.9 Å². The van der Waals surface area contributed by atoms with E-state index in [2.05, 4.69) is 5.32 Å². The maximum atomic E-state index is 14.7. The minimum absolute atomic E-state index is 0.0118. The second-order valence-electron chi connectivity index (χ2n) is 7.37. The molecule has 0 aliphatic carbocycles. The first-order valence-corrected chi connectivity index (χ1v) is 9.64. The zero-order valence-electron chi connectivity index (χ0n) is 16.6. The highest BCUT2D eigenvalue weighted by Crippen LogP contribution is 2.36. The highest BCUT2D eigenvalue weighted by Gasteiger charge is 2.44. The molecular weight excluding hydrogens is 434 g/mol. The topological polar surface area (TPSA) is 93.0 Å². The van der Waals surface area contributed by atoms with Gasteiger partial charge >= 0.3 is 0 Å². The van der Waals surface area contributed by atoms with E-state index in [-0.39, 0.29) is 40.8 Å². The number of carbonyl (C=O) groups excluding carboxylic acids is 1. The molecule has 0 atom stereocenters. The number of ether oxygens (including phenoxy) is 2. The zero-order chi connectivity index (χ0) is 22.5. The first kappa shape index (κ1) is 21.5. The van der Waals surface area contributed by atoms with Crippen LogP contribution in [0.4, 0.5) is 8.78 Å². The molecule has 31 heavy (non-hydrogen) atoms. The van der Waals surface area contributed by atoms with Crippen molar-refractivity contribution >= 4 is 28.4 Å². The molecule has 1 fully saturated rings. The van der Waals surface area contributed by atoms with Gasteiger partial charge in [-0.15, -0.1) is 0 Å². The van der Waals surface area contributed by atoms with Gasteiger partial charge in [0.2, 0.25) is 0 Å². The number of fused-ring (bicyclic) bond motifs is 1. The smallest absolute Gasteiger partial charge is 0.268 e. The molecule has 10 heteroatoms. The highest BCUT2D eigenvalue weighted by molar-refractivity contribution is 6.36. The van der Waals surface area contributed by atoms with E-state index in [1.165, 1.54) is 35.9 Å². The maximum Gasteiger partial charge on any atom is 0.268 e. The van der Waals surface area contributed by atoms with E-state index in [9.17, 15) is 23.8 Å². The number of halogens is 3. The van der Waals surface area contributed by atoms with Crippen LogP contribution in [0.25, 0.3) is 10.9 Å². The summed E-state index contributed by atoms with van der Waals surface area (Å²) in [7, 11) is 2.93. The van der Waals surface area contributed by atoms with Gasteiger partial charge in [0.05, 0.1) is 30.9 Å². The summed E-state index contributed by atoms with van der Waals surface area (Å²) in [5, 5.41) is 21.4. The van der Waals surface area contributed by atoms with Crippen LogP contribution in [0.15, 0.2) is 30.3 Å². The number of aryl methyl sites for hydroxylation is 1. The van der Waals surface area contributed by atoms with E-state index in [1.54, 1.807) is 7.05 Å². The Labute approximate surface area is 180 Å². The number of benzene rings is 2. The summed E-state index contributed by atoms with van der Waals surface area (Å²) < 4.78 is 40.8. The monoisotopic (exact) mass is 452 g/mol. The Kier molecular flexibility index (Phi) is 5.38. The molecule has 0 bridgehead atoms. The predicted molar refractivity (Wildman–Crippen MR) is 108 cm³/mol. The van der Waals surface area contributed by atoms with Crippen molar-refractivity contribution in [1.29, 1.82) is 0 Å². The molecule has 1 amide bonds. The number of amides is 1. The van der Waals surface area contributed by atoms with E-state index in [4.69, 9.17) is 21.1 Å². The maximum absolute atomic E-state index is 14.7. The van der Waals surface area contributed by atoms with Crippen LogP contribution in [0.2, 0.25) is 5.02 Å². The Bertz CT molecular complexity index is 1190. The van der Waals surface area contributed by atoms with Gasteiger partial charge in [-0.25, -0.2) is 8.78 Å². The van der Waals surface area contributed by atoms with Gasteiger partial charge in [-0.2, -0.15) is 0 Å². The lowest BCUT2D eigenvalue weighted by Gasteiger charge is -2.42. The minimum Gasteiger partial charge on any atom is -0.494 e. The SMILES string of the molecule is COc1cc2c(cc(C(=O)NC3(c4ccc(C(O)O)cc4F)COC3)n2C)c(Cl)c1F. The Morgan fingerprint density at radius 2 is 2.00 bits per heavy atom. The van der Waals surface area contributed by atoms with Crippen LogP contribution >= 0.6 is 11.6 Å². The van der Waals surface area contributed by atoms with Crippen molar-refractivity contribution in [3.05, 3.63) is 63.8 Å². The van der Waals surface area contributed by atoms with Crippen LogP contribution in [0.1, 0.15) is 27.9 Å². The second kappa shape index (κ2) is 7.76. The van der Waals surface area contributed by atoms with Crippen molar-refractivity contribution in [1.82, 2.24) is 9.88 Å². The minimum atomic E-state index is -1.82. The summed E-state index contributed by atoms with van der Waals surface area (Å²) in [6, 6.07) is 6.63. The molecule has 0 saturated carbocycles. The molecule has 1 aliphatic rings. The Morgan fingerprint density at radius 3 is 2.55 bits per heavy atom. The van der Waals surface area contributed by atoms with Crippen LogP contribution < -0.4 is 10.1 Å². The second-order valence-corrected chi connectivity index (χ2v) is 7.75. The summed E-state index contributed by atoms with van der Waals surface area (Å²) in [5.74, 6) is -2.03. The van der Waals surface area contributed by atoms with Crippen LogP contribution in [-0.4, -0.2) is 41.0 Å². The van der Waals surface area contributed by atoms with Gasteiger partial charge in [0.1, 0.15) is 17.1 Å². The van der Waals surface area contributed by atoms with Crippen molar-refractivity contribution < 1.29 is 33.3 Å². The summed E-state index contributed by atoms with van der Waals surface area (Å²) >= 11 is 6.12. The highest BCUT2D eigenvalue weighted by atomic mass is 35.5. The Morgan fingerprint density at radius 1 is 1.29 bits per heavy atom.